The van der Waals surface area contributed by atoms with Crippen LogP contribution in [0.25, 0.3) is 22.2 Å². The number of hydrogen-bond acceptors (Lipinski definition) is 5. The van der Waals surface area contributed by atoms with Crippen LogP contribution in [0.2, 0.25) is 0 Å². The Morgan fingerprint density at radius 1 is 1.03 bits per heavy atom. The van der Waals surface area contributed by atoms with E-state index in [-0.39, 0.29) is 12.5 Å². The Balaban J connectivity index is 1.43. The van der Waals surface area contributed by atoms with Crippen LogP contribution in [0.1, 0.15) is 23.9 Å². The monoisotopic (exact) mass is 441 g/mol. The summed E-state index contributed by atoms with van der Waals surface area (Å²) in [6, 6.07) is 20.5. The molecule has 1 aromatic heterocycles. The van der Waals surface area contributed by atoms with Crippen LogP contribution in [0.3, 0.4) is 0 Å². The molecule has 7 heteroatoms. The number of rotatable bonds is 5. The highest BCUT2D eigenvalue weighted by molar-refractivity contribution is 6.07. The third-order valence-corrected chi connectivity index (χ3v) is 6.12. The molecule has 0 spiro atoms. The van der Waals surface area contributed by atoms with Gasteiger partial charge in [-0.3, -0.25) is 9.69 Å². The second-order valence-electron chi connectivity index (χ2n) is 8.26. The van der Waals surface area contributed by atoms with Crippen LogP contribution in [-0.2, 0) is 16.9 Å². The van der Waals surface area contributed by atoms with E-state index in [4.69, 9.17) is 9.15 Å². The summed E-state index contributed by atoms with van der Waals surface area (Å²) in [6.07, 6.45) is 0. The van der Waals surface area contributed by atoms with Gasteiger partial charge in [-0.2, -0.15) is 0 Å². The van der Waals surface area contributed by atoms with Crippen LogP contribution in [0.5, 0.6) is 5.75 Å². The van der Waals surface area contributed by atoms with Gasteiger partial charge >= 0.3 is 6.03 Å². The zero-order chi connectivity index (χ0) is 23.2. The average molecular weight is 441 g/mol. The quantitative estimate of drug-likeness (QED) is 0.451. The molecule has 166 valence electrons. The Bertz CT molecular complexity index is 1380. The zero-order valence-electron chi connectivity index (χ0n) is 18.6. The predicted octanol–water partition coefficient (Wildman–Crippen LogP) is 4.78. The first-order chi connectivity index (χ1) is 15.9. The van der Waals surface area contributed by atoms with E-state index in [2.05, 4.69) is 10.3 Å². The summed E-state index contributed by atoms with van der Waals surface area (Å²) in [7, 11) is 1.62. The number of fused-ring (bicyclic) bond motifs is 1. The lowest BCUT2D eigenvalue weighted by atomic mass is 9.90. The number of methoxy groups -OCH3 is 1. The van der Waals surface area contributed by atoms with Crippen molar-refractivity contribution in [1.82, 2.24) is 15.2 Å². The Labute approximate surface area is 191 Å². The molecule has 3 amide bonds. The highest BCUT2D eigenvalue weighted by atomic mass is 16.5. The number of nitrogens with zero attached hydrogens (tertiary/aromatic N) is 2. The molecule has 0 unspecified atom stereocenters. The Kier molecular flexibility index (Phi) is 4.89. The minimum absolute atomic E-state index is 0.0349. The van der Waals surface area contributed by atoms with Crippen LogP contribution >= 0.6 is 0 Å². The molecule has 1 aliphatic heterocycles. The highest BCUT2D eigenvalue weighted by Gasteiger charge is 2.49. The summed E-state index contributed by atoms with van der Waals surface area (Å²) in [6.45, 7) is 3.54. The molecule has 33 heavy (non-hydrogen) atoms. The van der Waals surface area contributed by atoms with Gasteiger partial charge in [-0.1, -0.05) is 36.4 Å². The third kappa shape index (κ3) is 3.51. The van der Waals surface area contributed by atoms with Crippen LogP contribution < -0.4 is 10.1 Å². The first-order valence-corrected chi connectivity index (χ1v) is 10.6. The molecule has 3 aromatic carbocycles. The molecule has 4 aromatic rings. The van der Waals surface area contributed by atoms with Crippen molar-refractivity contribution in [3.05, 3.63) is 83.7 Å². The van der Waals surface area contributed by atoms with Gasteiger partial charge in [0.2, 0.25) is 5.89 Å². The SMILES string of the molecule is COc1ccc2cc([C@@]3(C)NC(=O)N(Cc4nc(-c5ccccc5)oc4C)C3=O)ccc2c1. The van der Waals surface area contributed by atoms with E-state index < -0.39 is 11.6 Å². The number of oxazole rings is 1. The lowest BCUT2D eigenvalue weighted by molar-refractivity contribution is -0.131. The van der Waals surface area contributed by atoms with E-state index in [1.807, 2.05) is 66.7 Å². The maximum atomic E-state index is 13.4. The first kappa shape index (κ1) is 20.8. The second-order valence-corrected chi connectivity index (χ2v) is 8.26. The summed E-state index contributed by atoms with van der Waals surface area (Å²) in [5.41, 5.74) is 0.919. The number of ether oxygens (including phenoxy) is 1. The van der Waals surface area contributed by atoms with E-state index in [0.717, 1.165) is 22.1 Å². The fraction of sp³-hybridized carbons (Fsp3) is 0.192. The number of amides is 3. The van der Waals surface area contributed by atoms with E-state index in [9.17, 15) is 9.59 Å². The molecular formula is C26H23N3O4. The fourth-order valence-corrected chi connectivity index (χ4v) is 4.13. The fourth-order valence-electron chi connectivity index (χ4n) is 4.13. The van der Waals surface area contributed by atoms with Gasteiger partial charge < -0.3 is 14.5 Å². The molecule has 5 rings (SSSR count). The number of carbonyl (C=O) groups is 2. The maximum absolute atomic E-state index is 13.4. The van der Waals surface area contributed by atoms with Gasteiger partial charge in [-0.05, 0) is 60.5 Å². The third-order valence-electron chi connectivity index (χ3n) is 6.12. The van der Waals surface area contributed by atoms with Crippen molar-refractivity contribution >= 4 is 22.7 Å². The first-order valence-electron chi connectivity index (χ1n) is 10.6. The molecule has 7 nitrogen and oxygen atoms in total. The molecule has 0 bridgehead atoms. The Hall–Kier alpha value is -4.13. The molecule has 0 saturated carbocycles. The topological polar surface area (TPSA) is 84.7 Å². The van der Waals surface area contributed by atoms with Crippen LogP contribution in [0.4, 0.5) is 4.79 Å². The summed E-state index contributed by atoms with van der Waals surface area (Å²) >= 11 is 0. The summed E-state index contributed by atoms with van der Waals surface area (Å²) < 4.78 is 11.1. The number of hydrogen-bond donors (Lipinski definition) is 1. The Morgan fingerprint density at radius 2 is 1.76 bits per heavy atom. The average Bonchev–Trinajstić information content (AvgIpc) is 3.31. The lowest BCUT2D eigenvalue weighted by Crippen LogP contribution is -2.40. The molecule has 1 N–H and O–H groups in total. The number of aromatic nitrogens is 1. The predicted molar refractivity (Wildman–Crippen MR) is 124 cm³/mol. The Morgan fingerprint density at radius 3 is 2.52 bits per heavy atom. The summed E-state index contributed by atoms with van der Waals surface area (Å²) in [5.74, 6) is 1.46. The van der Waals surface area contributed by atoms with Crippen LogP contribution in [-0.4, -0.2) is 28.9 Å². The molecule has 1 saturated heterocycles. The second kappa shape index (κ2) is 7.78. The van der Waals surface area contributed by atoms with Gasteiger partial charge in [-0.25, -0.2) is 9.78 Å². The van der Waals surface area contributed by atoms with Crippen molar-refractivity contribution in [1.29, 1.82) is 0 Å². The summed E-state index contributed by atoms with van der Waals surface area (Å²) in [4.78, 5) is 32.0. The molecular weight excluding hydrogens is 418 g/mol. The van der Waals surface area contributed by atoms with Crippen molar-refractivity contribution in [2.45, 2.75) is 25.9 Å². The van der Waals surface area contributed by atoms with E-state index in [1.165, 1.54) is 4.90 Å². The normalized spacial score (nSPS) is 18.1. The van der Waals surface area contributed by atoms with E-state index in [0.29, 0.717) is 22.9 Å². The number of urea groups is 1. The largest absolute Gasteiger partial charge is 0.497 e. The zero-order valence-corrected chi connectivity index (χ0v) is 18.6. The molecule has 1 atom stereocenters. The molecule has 0 aliphatic carbocycles. The lowest BCUT2D eigenvalue weighted by Gasteiger charge is -2.22. The number of carbonyl (C=O) groups excluding carboxylic acids is 2. The minimum Gasteiger partial charge on any atom is -0.497 e. The van der Waals surface area contributed by atoms with Gasteiger partial charge in [0.1, 0.15) is 22.7 Å². The number of benzene rings is 3. The van der Waals surface area contributed by atoms with E-state index >= 15 is 0 Å². The molecule has 1 aliphatic rings. The van der Waals surface area contributed by atoms with E-state index in [1.54, 1.807) is 21.0 Å². The van der Waals surface area contributed by atoms with Crippen LogP contribution in [0, 0.1) is 6.92 Å². The van der Waals surface area contributed by atoms with Crippen LogP contribution in [0.15, 0.2) is 71.1 Å². The number of imide groups is 1. The standard InChI is InChI=1S/C26H23N3O4/c1-16-22(27-23(33-16)17-7-5-4-6-8-17)15-29-24(30)26(2,28-25(29)31)20-11-9-19-14-21(32-3)12-10-18(19)13-20/h4-14H,15H2,1-3H3,(H,28,31)/t26-/m1/s1. The van der Waals surface area contributed by atoms with Gasteiger partial charge in [0.15, 0.2) is 0 Å². The minimum atomic E-state index is -1.18. The van der Waals surface area contributed by atoms with Gasteiger partial charge in [-0.15, -0.1) is 0 Å². The number of aryl methyl sites for hydroxylation is 1. The maximum Gasteiger partial charge on any atom is 0.325 e. The van der Waals surface area contributed by atoms with Gasteiger partial charge in [0, 0.05) is 5.56 Å². The smallest absolute Gasteiger partial charge is 0.325 e. The molecule has 2 heterocycles. The van der Waals surface area contributed by atoms with Crippen molar-refractivity contribution in [3.63, 3.8) is 0 Å². The number of nitrogens with one attached hydrogen (secondary N) is 1. The van der Waals surface area contributed by atoms with Crippen molar-refractivity contribution < 1.29 is 18.7 Å². The summed E-state index contributed by atoms with van der Waals surface area (Å²) in [5, 5.41) is 4.81. The van der Waals surface area contributed by atoms with Crippen molar-refractivity contribution in [3.8, 4) is 17.2 Å². The molecule has 0 radical (unpaired) electrons. The van der Waals surface area contributed by atoms with Crippen molar-refractivity contribution in [2.24, 2.45) is 0 Å². The van der Waals surface area contributed by atoms with Crippen molar-refractivity contribution in [2.75, 3.05) is 7.11 Å². The van der Waals surface area contributed by atoms with Gasteiger partial charge in [0.05, 0.1) is 13.7 Å². The highest BCUT2D eigenvalue weighted by Crippen LogP contribution is 2.33. The molecule has 1 fully saturated rings. The van der Waals surface area contributed by atoms with Gasteiger partial charge in [0.25, 0.3) is 5.91 Å².